The van der Waals surface area contributed by atoms with Crippen molar-refractivity contribution in [2.24, 2.45) is 0 Å². The van der Waals surface area contributed by atoms with E-state index >= 15 is 0 Å². The third-order valence-corrected chi connectivity index (χ3v) is 4.07. The van der Waals surface area contributed by atoms with Crippen LogP contribution in [0.25, 0.3) is 0 Å². The summed E-state index contributed by atoms with van der Waals surface area (Å²) in [6.07, 6.45) is 3.51. The normalized spacial score (nSPS) is 10.5. The van der Waals surface area contributed by atoms with Crippen LogP contribution in [0, 0.1) is 0 Å². The minimum atomic E-state index is 0.164. The molecule has 0 unspecified atom stereocenters. The van der Waals surface area contributed by atoms with Crippen LogP contribution in [-0.2, 0) is 11.2 Å². The molecule has 0 saturated carbocycles. The average Bonchev–Trinajstić information content (AvgIpc) is 2.71. The van der Waals surface area contributed by atoms with Gasteiger partial charge in [-0.3, -0.25) is 4.79 Å². The van der Waals surface area contributed by atoms with Crippen LogP contribution < -0.4 is 10.6 Å². The Morgan fingerprint density at radius 2 is 2.18 bits per heavy atom. The molecule has 0 bridgehead atoms. The zero-order valence-corrected chi connectivity index (χ0v) is 12.5. The molecule has 0 spiro atoms. The molecule has 0 aliphatic heterocycles. The van der Waals surface area contributed by atoms with E-state index in [2.05, 4.69) is 38.7 Å². The molecule has 17 heavy (non-hydrogen) atoms. The number of carbonyl (C=O) groups is 1. The van der Waals surface area contributed by atoms with Gasteiger partial charge in [0.15, 0.2) is 0 Å². The Morgan fingerprint density at radius 3 is 2.82 bits per heavy atom. The van der Waals surface area contributed by atoms with Gasteiger partial charge in [-0.1, -0.05) is 0 Å². The molecule has 1 rings (SSSR count). The lowest BCUT2D eigenvalue weighted by molar-refractivity contribution is -0.121. The third kappa shape index (κ3) is 6.81. The first-order chi connectivity index (χ1) is 8.22. The molecule has 96 valence electrons. The summed E-state index contributed by atoms with van der Waals surface area (Å²) in [5, 5.41) is 5.98. The van der Waals surface area contributed by atoms with Crippen LogP contribution >= 0.6 is 27.3 Å². The summed E-state index contributed by atoms with van der Waals surface area (Å²) >= 11 is 5.18. The number of halogens is 1. The summed E-state index contributed by atoms with van der Waals surface area (Å²) in [4.78, 5) is 12.8. The molecule has 5 heteroatoms. The Kier molecular flexibility index (Phi) is 7.48. The smallest absolute Gasteiger partial charge is 0.220 e. The lowest BCUT2D eigenvalue weighted by Gasteiger charge is -2.04. The van der Waals surface area contributed by atoms with Crippen molar-refractivity contribution in [1.29, 1.82) is 0 Å². The highest BCUT2D eigenvalue weighted by Crippen LogP contribution is 2.23. The van der Waals surface area contributed by atoms with E-state index in [9.17, 15) is 4.79 Å². The van der Waals surface area contributed by atoms with Crippen LogP contribution in [0.4, 0.5) is 0 Å². The van der Waals surface area contributed by atoms with Gasteiger partial charge in [-0.25, -0.2) is 0 Å². The predicted octanol–water partition coefficient (Wildman–Crippen LogP) is 2.56. The van der Waals surface area contributed by atoms with Crippen molar-refractivity contribution in [3.63, 3.8) is 0 Å². The topological polar surface area (TPSA) is 41.1 Å². The Hall–Kier alpha value is -0.390. The number of hydrogen-bond acceptors (Lipinski definition) is 3. The molecule has 0 radical (unpaired) electrons. The quantitative estimate of drug-likeness (QED) is 0.723. The highest BCUT2D eigenvalue weighted by atomic mass is 79.9. The molecule has 0 aliphatic rings. The number of amides is 1. The molecule has 1 aromatic rings. The zero-order chi connectivity index (χ0) is 12.5. The maximum Gasteiger partial charge on any atom is 0.220 e. The second kappa shape index (κ2) is 8.66. The van der Waals surface area contributed by atoms with Gasteiger partial charge in [0, 0.05) is 17.8 Å². The van der Waals surface area contributed by atoms with Crippen molar-refractivity contribution >= 4 is 33.2 Å². The lowest BCUT2D eigenvalue weighted by Crippen LogP contribution is -2.26. The van der Waals surface area contributed by atoms with E-state index in [4.69, 9.17) is 0 Å². The second-order valence-electron chi connectivity index (χ2n) is 3.87. The van der Waals surface area contributed by atoms with E-state index in [1.54, 1.807) is 11.3 Å². The van der Waals surface area contributed by atoms with Gasteiger partial charge in [-0.05, 0) is 60.9 Å². The molecular formula is C12H19BrN2OS. The van der Waals surface area contributed by atoms with Crippen LogP contribution in [0.2, 0.25) is 0 Å². The molecule has 2 N–H and O–H groups in total. The van der Waals surface area contributed by atoms with Gasteiger partial charge in [0.2, 0.25) is 5.91 Å². The van der Waals surface area contributed by atoms with E-state index in [-0.39, 0.29) is 5.91 Å². The van der Waals surface area contributed by atoms with Gasteiger partial charge < -0.3 is 10.6 Å². The maximum atomic E-state index is 11.5. The summed E-state index contributed by atoms with van der Waals surface area (Å²) < 4.78 is 1.16. The molecule has 0 atom stereocenters. The van der Waals surface area contributed by atoms with Crippen molar-refractivity contribution in [1.82, 2.24) is 10.6 Å². The van der Waals surface area contributed by atoms with Crippen LogP contribution in [0.1, 0.15) is 24.1 Å². The number of carbonyl (C=O) groups excluding carboxylic acids is 1. The zero-order valence-electron chi connectivity index (χ0n) is 10.1. The van der Waals surface area contributed by atoms with Gasteiger partial charge in [-0.2, -0.15) is 0 Å². The first-order valence-corrected chi connectivity index (χ1v) is 7.49. The molecule has 0 aliphatic carbocycles. The Labute approximate surface area is 115 Å². The van der Waals surface area contributed by atoms with Crippen LogP contribution in [0.3, 0.4) is 0 Å². The minimum Gasteiger partial charge on any atom is -0.356 e. The third-order valence-electron chi connectivity index (χ3n) is 2.38. The van der Waals surface area contributed by atoms with Crippen LogP contribution in [0.5, 0.6) is 0 Å². The second-order valence-corrected chi connectivity index (χ2v) is 6.41. The first kappa shape index (κ1) is 14.7. The van der Waals surface area contributed by atoms with Crippen LogP contribution in [0.15, 0.2) is 15.9 Å². The summed E-state index contributed by atoms with van der Waals surface area (Å²) in [6, 6.07) is 4.16. The van der Waals surface area contributed by atoms with Gasteiger partial charge in [-0.15, -0.1) is 11.3 Å². The van der Waals surface area contributed by atoms with E-state index in [0.29, 0.717) is 6.42 Å². The average molecular weight is 319 g/mol. The maximum absolute atomic E-state index is 11.5. The fourth-order valence-electron chi connectivity index (χ4n) is 1.49. The highest BCUT2D eigenvalue weighted by molar-refractivity contribution is 9.11. The number of nitrogens with one attached hydrogen (secondary N) is 2. The summed E-state index contributed by atoms with van der Waals surface area (Å²) in [5.41, 5.74) is 0. The molecular weight excluding hydrogens is 300 g/mol. The van der Waals surface area contributed by atoms with E-state index < -0.39 is 0 Å². The highest BCUT2D eigenvalue weighted by Gasteiger charge is 2.02. The Bertz CT molecular complexity index is 341. The Morgan fingerprint density at radius 1 is 1.35 bits per heavy atom. The number of thiophene rings is 1. The van der Waals surface area contributed by atoms with Crippen molar-refractivity contribution in [3.05, 3.63) is 20.8 Å². The number of rotatable bonds is 8. The lowest BCUT2D eigenvalue weighted by atomic mass is 10.2. The fraction of sp³-hybridized carbons (Fsp3) is 0.583. The van der Waals surface area contributed by atoms with Crippen LogP contribution in [-0.4, -0.2) is 26.0 Å². The summed E-state index contributed by atoms with van der Waals surface area (Å²) in [7, 11) is 1.92. The Balaban J connectivity index is 2.04. The van der Waals surface area contributed by atoms with Gasteiger partial charge in [0.1, 0.15) is 0 Å². The molecule has 1 heterocycles. The molecule has 3 nitrogen and oxygen atoms in total. The molecule has 0 aromatic carbocycles. The fourth-order valence-corrected chi connectivity index (χ4v) is 3.02. The van der Waals surface area contributed by atoms with E-state index in [0.717, 1.165) is 36.1 Å². The van der Waals surface area contributed by atoms with Crippen molar-refractivity contribution in [2.45, 2.75) is 25.7 Å². The predicted molar refractivity (Wildman–Crippen MR) is 76.5 cm³/mol. The molecule has 1 amide bonds. The monoisotopic (exact) mass is 318 g/mol. The molecule has 0 fully saturated rings. The summed E-state index contributed by atoms with van der Waals surface area (Å²) in [6.45, 7) is 1.72. The standard InChI is InChI=1S/C12H19BrN2OS/c1-14-8-3-9-15-12(16)5-2-4-10-6-7-11(13)17-10/h6-7,14H,2-5,8-9H2,1H3,(H,15,16). The van der Waals surface area contributed by atoms with Crippen molar-refractivity contribution in [3.8, 4) is 0 Å². The largest absolute Gasteiger partial charge is 0.356 e. The van der Waals surface area contributed by atoms with Crippen molar-refractivity contribution < 1.29 is 4.79 Å². The first-order valence-electron chi connectivity index (χ1n) is 5.88. The van der Waals surface area contributed by atoms with Gasteiger partial charge >= 0.3 is 0 Å². The number of hydrogen-bond donors (Lipinski definition) is 2. The molecule has 1 aromatic heterocycles. The summed E-state index contributed by atoms with van der Waals surface area (Å²) in [5.74, 6) is 0.164. The van der Waals surface area contributed by atoms with Gasteiger partial charge in [0.25, 0.3) is 0 Å². The van der Waals surface area contributed by atoms with E-state index in [1.165, 1.54) is 4.88 Å². The number of aryl methyl sites for hydroxylation is 1. The minimum absolute atomic E-state index is 0.164. The molecule has 0 saturated heterocycles. The van der Waals surface area contributed by atoms with Crippen molar-refractivity contribution in [2.75, 3.05) is 20.1 Å². The SMILES string of the molecule is CNCCCNC(=O)CCCc1ccc(Br)s1. The van der Waals surface area contributed by atoms with Gasteiger partial charge in [0.05, 0.1) is 3.79 Å². The van der Waals surface area contributed by atoms with E-state index in [1.807, 2.05) is 7.05 Å².